The van der Waals surface area contributed by atoms with E-state index in [2.05, 4.69) is 10.6 Å². The van der Waals surface area contributed by atoms with Crippen LogP contribution in [0.25, 0.3) is 0 Å². The molecule has 126 valence electrons. The zero-order valence-corrected chi connectivity index (χ0v) is 13.8. The molecule has 2 rings (SSSR count). The molecule has 0 aliphatic heterocycles. The van der Waals surface area contributed by atoms with Crippen molar-refractivity contribution in [2.75, 3.05) is 30.8 Å². The van der Waals surface area contributed by atoms with Crippen molar-refractivity contribution in [3.8, 4) is 5.75 Å². The van der Waals surface area contributed by atoms with Crippen LogP contribution in [0.3, 0.4) is 0 Å². The molecule has 2 aromatic rings. The summed E-state index contributed by atoms with van der Waals surface area (Å²) in [6.07, 6.45) is 0. The predicted molar refractivity (Wildman–Crippen MR) is 94.3 cm³/mol. The van der Waals surface area contributed by atoms with Gasteiger partial charge in [0.15, 0.2) is 0 Å². The van der Waals surface area contributed by atoms with Crippen LogP contribution < -0.4 is 15.4 Å². The number of carbonyl (C=O) groups is 2. The van der Waals surface area contributed by atoms with Gasteiger partial charge in [-0.15, -0.1) is 0 Å². The highest BCUT2D eigenvalue weighted by atomic mass is 16.5. The molecule has 2 N–H and O–H groups in total. The third-order valence-electron chi connectivity index (χ3n) is 3.38. The molecule has 0 saturated heterocycles. The van der Waals surface area contributed by atoms with E-state index in [9.17, 15) is 9.59 Å². The smallest absolute Gasteiger partial charge is 0.322 e. The summed E-state index contributed by atoms with van der Waals surface area (Å²) in [7, 11) is 1.56. The van der Waals surface area contributed by atoms with E-state index in [1.165, 1.54) is 4.90 Å². The fraction of sp³-hybridized carbons (Fsp3) is 0.222. The molecule has 0 heterocycles. The zero-order valence-electron chi connectivity index (χ0n) is 13.8. The van der Waals surface area contributed by atoms with Gasteiger partial charge in [-0.3, -0.25) is 4.79 Å². The van der Waals surface area contributed by atoms with Crippen LogP contribution in [-0.4, -0.2) is 37.0 Å². The van der Waals surface area contributed by atoms with Crippen molar-refractivity contribution in [2.24, 2.45) is 0 Å². The van der Waals surface area contributed by atoms with Gasteiger partial charge in [-0.1, -0.05) is 24.3 Å². The van der Waals surface area contributed by atoms with Crippen molar-refractivity contribution in [1.82, 2.24) is 4.90 Å². The first-order valence-corrected chi connectivity index (χ1v) is 7.67. The molecule has 0 fully saturated rings. The molecule has 0 atom stereocenters. The Morgan fingerprint density at radius 3 is 2.38 bits per heavy atom. The van der Waals surface area contributed by atoms with E-state index >= 15 is 0 Å². The molecule has 0 radical (unpaired) electrons. The van der Waals surface area contributed by atoms with Gasteiger partial charge in [0, 0.05) is 24.0 Å². The van der Waals surface area contributed by atoms with Gasteiger partial charge in [0.2, 0.25) is 5.91 Å². The number of urea groups is 1. The summed E-state index contributed by atoms with van der Waals surface area (Å²) in [4.78, 5) is 25.8. The molecule has 3 amide bonds. The molecule has 6 nitrogen and oxygen atoms in total. The van der Waals surface area contributed by atoms with E-state index in [1.807, 2.05) is 25.1 Å². The predicted octanol–water partition coefficient (Wildman–Crippen LogP) is 3.19. The van der Waals surface area contributed by atoms with Gasteiger partial charge in [0.1, 0.15) is 12.3 Å². The largest absolute Gasteiger partial charge is 0.497 e. The number of rotatable bonds is 6. The van der Waals surface area contributed by atoms with Crippen LogP contribution in [-0.2, 0) is 4.79 Å². The van der Waals surface area contributed by atoms with Crippen LogP contribution >= 0.6 is 0 Å². The fourth-order valence-corrected chi connectivity index (χ4v) is 2.13. The Morgan fingerprint density at radius 2 is 1.71 bits per heavy atom. The number of nitrogens with one attached hydrogen (secondary N) is 2. The second kappa shape index (κ2) is 8.57. The number of amides is 3. The number of hydrogen-bond acceptors (Lipinski definition) is 3. The van der Waals surface area contributed by atoms with Gasteiger partial charge in [-0.05, 0) is 31.2 Å². The molecular weight excluding hydrogens is 306 g/mol. The van der Waals surface area contributed by atoms with Gasteiger partial charge in [-0.25, -0.2) is 4.79 Å². The van der Waals surface area contributed by atoms with Crippen LogP contribution in [0.5, 0.6) is 5.75 Å². The zero-order chi connectivity index (χ0) is 17.4. The Morgan fingerprint density at radius 1 is 1.00 bits per heavy atom. The summed E-state index contributed by atoms with van der Waals surface area (Å²) < 4.78 is 5.12. The third kappa shape index (κ3) is 5.01. The van der Waals surface area contributed by atoms with Crippen LogP contribution in [0.4, 0.5) is 16.2 Å². The number of ether oxygens (including phenoxy) is 1. The lowest BCUT2D eigenvalue weighted by Crippen LogP contribution is -2.40. The standard InChI is InChI=1S/C18H21N3O3/c1-3-21(18(23)20-14-8-5-4-6-9-14)13-17(22)19-15-10-7-11-16(12-15)24-2/h4-12H,3,13H2,1-2H3,(H,19,22)(H,20,23). The summed E-state index contributed by atoms with van der Waals surface area (Å²) in [6.45, 7) is 2.21. The van der Waals surface area contributed by atoms with E-state index in [0.717, 1.165) is 0 Å². The minimum absolute atomic E-state index is 0.0353. The number of nitrogens with zero attached hydrogens (tertiary/aromatic N) is 1. The van der Waals surface area contributed by atoms with Crippen molar-refractivity contribution < 1.29 is 14.3 Å². The second-order valence-corrected chi connectivity index (χ2v) is 5.09. The van der Waals surface area contributed by atoms with E-state index in [-0.39, 0.29) is 18.5 Å². The molecule has 0 spiro atoms. The Hall–Kier alpha value is -3.02. The number of carbonyl (C=O) groups excluding carboxylic acids is 2. The van der Waals surface area contributed by atoms with E-state index < -0.39 is 0 Å². The molecule has 0 bridgehead atoms. The van der Waals surface area contributed by atoms with Gasteiger partial charge in [0.05, 0.1) is 7.11 Å². The van der Waals surface area contributed by atoms with Crippen LogP contribution in [0.2, 0.25) is 0 Å². The minimum Gasteiger partial charge on any atom is -0.497 e. The monoisotopic (exact) mass is 327 g/mol. The Balaban J connectivity index is 1.93. The van der Waals surface area contributed by atoms with Crippen LogP contribution in [0.15, 0.2) is 54.6 Å². The third-order valence-corrected chi connectivity index (χ3v) is 3.38. The molecule has 0 aliphatic rings. The molecule has 0 aromatic heterocycles. The van der Waals surface area contributed by atoms with Crippen molar-refractivity contribution in [1.29, 1.82) is 0 Å². The van der Waals surface area contributed by atoms with Gasteiger partial charge in [-0.2, -0.15) is 0 Å². The molecule has 24 heavy (non-hydrogen) atoms. The molecule has 0 unspecified atom stereocenters. The quantitative estimate of drug-likeness (QED) is 0.856. The number of para-hydroxylation sites is 1. The average Bonchev–Trinajstić information content (AvgIpc) is 2.60. The summed E-state index contributed by atoms with van der Waals surface area (Å²) in [5.74, 6) is 0.385. The second-order valence-electron chi connectivity index (χ2n) is 5.09. The lowest BCUT2D eigenvalue weighted by atomic mass is 10.3. The maximum absolute atomic E-state index is 12.2. The number of benzene rings is 2. The van der Waals surface area contributed by atoms with Gasteiger partial charge in [0.25, 0.3) is 0 Å². The fourth-order valence-electron chi connectivity index (χ4n) is 2.13. The maximum Gasteiger partial charge on any atom is 0.322 e. The van der Waals surface area contributed by atoms with E-state index in [0.29, 0.717) is 23.7 Å². The van der Waals surface area contributed by atoms with Crippen LogP contribution in [0, 0.1) is 0 Å². The highest BCUT2D eigenvalue weighted by Crippen LogP contribution is 2.16. The minimum atomic E-state index is -0.315. The Bertz CT molecular complexity index is 689. The first-order valence-electron chi connectivity index (χ1n) is 7.67. The van der Waals surface area contributed by atoms with Crippen molar-refractivity contribution in [3.63, 3.8) is 0 Å². The first-order chi connectivity index (χ1) is 11.6. The number of methoxy groups -OCH3 is 1. The first kappa shape index (κ1) is 17.3. The molecule has 6 heteroatoms. The highest BCUT2D eigenvalue weighted by Gasteiger charge is 2.15. The van der Waals surface area contributed by atoms with Crippen molar-refractivity contribution in [3.05, 3.63) is 54.6 Å². The molecule has 0 saturated carbocycles. The summed E-state index contributed by atoms with van der Waals surface area (Å²) in [6, 6.07) is 15.9. The molecule has 0 aliphatic carbocycles. The Kier molecular flexibility index (Phi) is 6.19. The Labute approximate surface area is 141 Å². The average molecular weight is 327 g/mol. The lowest BCUT2D eigenvalue weighted by Gasteiger charge is -2.21. The molecular formula is C18H21N3O3. The van der Waals surface area contributed by atoms with E-state index in [1.54, 1.807) is 43.5 Å². The number of anilines is 2. The van der Waals surface area contributed by atoms with Gasteiger partial charge >= 0.3 is 6.03 Å². The SMILES string of the molecule is CCN(CC(=O)Nc1cccc(OC)c1)C(=O)Nc1ccccc1. The number of likely N-dealkylation sites (N-methyl/N-ethyl adjacent to an activating group) is 1. The van der Waals surface area contributed by atoms with Crippen LogP contribution in [0.1, 0.15) is 6.92 Å². The van der Waals surface area contributed by atoms with Gasteiger partial charge < -0.3 is 20.3 Å². The summed E-state index contributed by atoms with van der Waals surface area (Å²) >= 11 is 0. The lowest BCUT2D eigenvalue weighted by molar-refractivity contribution is -0.116. The van der Waals surface area contributed by atoms with Crippen molar-refractivity contribution >= 4 is 23.3 Å². The number of hydrogen-bond donors (Lipinski definition) is 2. The normalized spacial score (nSPS) is 9.92. The summed E-state index contributed by atoms with van der Waals surface area (Å²) in [5.41, 5.74) is 1.31. The molecule has 2 aromatic carbocycles. The summed E-state index contributed by atoms with van der Waals surface area (Å²) in [5, 5.41) is 5.53. The maximum atomic E-state index is 12.2. The highest BCUT2D eigenvalue weighted by molar-refractivity contribution is 5.97. The van der Waals surface area contributed by atoms with E-state index in [4.69, 9.17) is 4.74 Å². The topological polar surface area (TPSA) is 70.7 Å². The van der Waals surface area contributed by atoms with Crippen molar-refractivity contribution in [2.45, 2.75) is 6.92 Å².